The molecular weight excluding hydrogens is 196 g/mol. The zero-order valence-electron chi connectivity index (χ0n) is 8.82. The van der Waals surface area contributed by atoms with Crippen molar-refractivity contribution in [1.82, 2.24) is 0 Å². The molecule has 0 heterocycles. The summed E-state index contributed by atoms with van der Waals surface area (Å²) in [6.07, 6.45) is 5.02. The Hall–Kier alpha value is -1.06. The second-order valence-electron chi connectivity index (χ2n) is 4.29. The highest BCUT2D eigenvalue weighted by atomic mass is 16.4. The maximum Gasteiger partial charge on any atom is 0.306 e. The average molecular weight is 214 g/mol. The first-order valence-electron chi connectivity index (χ1n) is 5.57. The summed E-state index contributed by atoms with van der Waals surface area (Å²) in [6.45, 7) is 0. The quantitative estimate of drug-likeness (QED) is 0.738. The van der Waals surface area contributed by atoms with Gasteiger partial charge in [-0.3, -0.25) is 9.59 Å². The van der Waals surface area contributed by atoms with Gasteiger partial charge in [-0.15, -0.1) is 0 Å². The molecule has 0 aromatic carbocycles. The zero-order chi connectivity index (χ0) is 11.3. The molecule has 0 aromatic rings. The third-order valence-corrected chi connectivity index (χ3v) is 3.16. The molecule has 86 valence electrons. The Morgan fingerprint density at radius 2 is 1.07 bits per heavy atom. The Kier molecular flexibility index (Phi) is 4.59. The van der Waals surface area contributed by atoms with Crippen molar-refractivity contribution >= 4 is 11.9 Å². The fourth-order valence-electron chi connectivity index (χ4n) is 2.17. The van der Waals surface area contributed by atoms with Crippen molar-refractivity contribution in [2.75, 3.05) is 0 Å². The maximum atomic E-state index is 10.8. The molecule has 15 heavy (non-hydrogen) atoms. The molecule has 2 N–H and O–H groups in total. The first-order chi connectivity index (χ1) is 7.11. The van der Waals surface area contributed by atoms with Crippen molar-refractivity contribution in [1.29, 1.82) is 0 Å². The normalized spacial score (nSPS) is 28.5. The molecule has 2 atom stereocenters. The Morgan fingerprint density at radius 1 is 0.733 bits per heavy atom. The molecule has 0 bridgehead atoms. The Morgan fingerprint density at radius 3 is 1.40 bits per heavy atom. The lowest BCUT2D eigenvalue weighted by molar-refractivity contribution is -0.142. The molecule has 4 nitrogen and oxygen atoms in total. The first kappa shape index (κ1) is 12.0. The van der Waals surface area contributed by atoms with Crippen LogP contribution in [0.1, 0.15) is 44.9 Å². The van der Waals surface area contributed by atoms with Crippen LogP contribution in [0.25, 0.3) is 0 Å². The van der Waals surface area contributed by atoms with Crippen molar-refractivity contribution in [3.05, 3.63) is 0 Å². The van der Waals surface area contributed by atoms with Crippen LogP contribution in [-0.4, -0.2) is 22.2 Å². The number of carboxylic acids is 2. The van der Waals surface area contributed by atoms with Gasteiger partial charge in [0.25, 0.3) is 0 Å². The van der Waals surface area contributed by atoms with E-state index in [1.54, 1.807) is 0 Å². The Bertz CT molecular complexity index is 213. The molecule has 1 rings (SSSR count). The van der Waals surface area contributed by atoms with E-state index in [0.717, 1.165) is 12.8 Å². The van der Waals surface area contributed by atoms with Gasteiger partial charge in [-0.1, -0.05) is 19.3 Å². The van der Waals surface area contributed by atoms with Crippen molar-refractivity contribution in [3.63, 3.8) is 0 Å². The topological polar surface area (TPSA) is 74.6 Å². The highest BCUT2D eigenvalue weighted by Crippen LogP contribution is 2.25. The third kappa shape index (κ3) is 3.90. The average Bonchev–Trinajstić information content (AvgIpc) is 2.27. The van der Waals surface area contributed by atoms with Gasteiger partial charge in [-0.2, -0.15) is 0 Å². The smallest absolute Gasteiger partial charge is 0.306 e. The summed E-state index contributed by atoms with van der Waals surface area (Å²) in [5, 5.41) is 17.8. The summed E-state index contributed by atoms with van der Waals surface area (Å²) in [6, 6.07) is 0. The monoisotopic (exact) mass is 214 g/mol. The van der Waals surface area contributed by atoms with Gasteiger partial charge in [0, 0.05) is 0 Å². The van der Waals surface area contributed by atoms with E-state index < -0.39 is 11.9 Å². The standard InChI is InChI=1S/C11H18O4/c12-10(13)8-4-1-2-5-9(11(14)15)7-3-6-8/h8-9H,1-7H2,(H,12,13)(H,14,15)/t8-,9?/m0/s1. The molecule has 1 unspecified atom stereocenters. The van der Waals surface area contributed by atoms with Crippen molar-refractivity contribution in [3.8, 4) is 0 Å². The largest absolute Gasteiger partial charge is 0.481 e. The summed E-state index contributed by atoms with van der Waals surface area (Å²) in [7, 11) is 0. The fourth-order valence-corrected chi connectivity index (χ4v) is 2.17. The molecule has 0 aromatic heterocycles. The second kappa shape index (κ2) is 5.73. The van der Waals surface area contributed by atoms with Gasteiger partial charge in [-0.25, -0.2) is 0 Å². The van der Waals surface area contributed by atoms with Gasteiger partial charge in [0.2, 0.25) is 0 Å². The van der Waals surface area contributed by atoms with E-state index in [-0.39, 0.29) is 11.8 Å². The molecule has 1 aliphatic carbocycles. The summed E-state index contributed by atoms with van der Waals surface area (Å²) in [4.78, 5) is 21.7. The van der Waals surface area contributed by atoms with Crippen LogP contribution >= 0.6 is 0 Å². The van der Waals surface area contributed by atoms with Crippen LogP contribution in [0.5, 0.6) is 0 Å². The SMILES string of the molecule is O=C(O)C1CCCC[C@H](C(=O)O)CCC1. The van der Waals surface area contributed by atoms with E-state index in [0.29, 0.717) is 32.1 Å². The molecular formula is C11H18O4. The number of rotatable bonds is 2. The molecule has 0 amide bonds. The summed E-state index contributed by atoms with van der Waals surface area (Å²) in [5.74, 6) is -2.00. The van der Waals surface area contributed by atoms with Gasteiger partial charge in [-0.05, 0) is 25.7 Å². The van der Waals surface area contributed by atoms with E-state index in [1.165, 1.54) is 0 Å². The van der Waals surface area contributed by atoms with Gasteiger partial charge in [0.15, 0.2) is 0 Å². The highest BCUT2D eigenvalue weighted by molar-refractivity contribution is 5.70. The number of aliphatic carboxylic acids is 2. The minimum Gasteiger partial charge on any atom is -0.481 e. The van der Waals surface area contributed by atoms with Gasteiger partial charge < -0.3 is 10.2 Å². The van der Waals surface area contributed by atoms with Crippen LogP contribution < -0.4 is 0 Å². The second-order valence-corrected chi connectivity index (χ2v) is 4.29. The molecule has 1 saturated carbocycles. The predicted molar refractivity (Wildman–Crippen MR) is 54.6 cm³/mol. The number of hydrogen-bond donors (Lipinski definition) is 2. The van der Waals surface area contributed by atoms with E-state index in [4.69, 9.17) is 10.2 Å². The summed E-state index contributed by atoms with van der Waals surface area (Å²) in [5.41, 5.74) is 0. The van der Waals surface area contributed by atoms with Crippen LogP contribution in [0.4, 0.5) is 0 Å². The van der Waals surface area contributed by atoms with Crippen molar-refractivity contribution < 1.29 is 19.8 Å². The van der Waals surface area contributed by atoms with E-state index in [2.05, 4.69) is 0 Å². The summed E-state index contributed by atoms with van der Waals surface area (Å²) >= 11 is 0. The molecule has 0 saturated heterocycles. The van der Waals surface area contributed by atoms with Gasteiger partial charge >= 0.3 is 11.9 Å². The molecule has 0 radical (unpaired) electrons. The molecule has 0 spiro atoms. The lowest BCUT2D eigenvalue weighted by Gasteiger charge is -2.10. The zero-order valence-corrected chi connectivity index (χ0v) is 8.82. The molecule has 0 aliphatic heterocycles. The lowest BCUT2D eigenvalue weighted by Crippen LogP contribution is -2.14. The van der Waals surface area contributed by atoms with Crippen LogP contribution in [-0.2, 0) is 9.59 Å². The highest BCUT2D eigenvalue weighted by Gasteiger charge is 2.23. The van der Waals surface area contributed by atoms with Crippen molar-refractivity contribution in [2.24, 2.45) is 11.8 Å². The van der Waals surface area contributed by atoms with Crippen LogP contribution in [0, 0.1) is 11.8 Å². The number of hydrogen-bond acceptors (Lipinski definition) is 2. The molecule has 1 aliphatic rings. The summed E-state index contributed by atoms with van der Waals surface area (Å²) < 4.78 is 0. The van der Waals surface area contributed by atoms with Crippen molar-refractivity contribution in [2.45, 2.75) is 44.9 Å². The Balaban J connectivity index is 2.48. The Labute approximate surface area is 89.3 Å². The minimum absolute atomic E-state index is 0.266. The number of carbonyl (C=O) groups is 2. The predicted octanol–water partition coefficient (Wildman–Crippen LogP) is 2.13. The van der Waals surface area contributed by atoms with E-state index >= 15 is 0 Å². The molecule has 1 fully saturated rings. The van der Waals surface area contributed by atoms with Crippen LogP contribution in [0.15, 0.2) is 0 Å². The first-order valence-corrected chi connectivity index (χ1v) is 5.57. The fraction of sp³-hybridized carbons (Fsp3) is 0.818. The lowest BCUT2D eigenvalue weighted by atomic mass is 9.96. The molecule has 4 heteroatoms. The number of carboxylic acid groups (broad SMARTS) is 2. The minimum atomic E-state index is -0.733. The van der Waals surface area contributed by atoms with Gasteiger partial charge in [0.05, 0.1) is 11.8 Å². The van der Waals surface area contributed by atoms with E-state index in [9.17, 15) is 9.59 Å². The van der Waals surface area contributed by atoms with Gasteiger partial charge in [0.1, 0.15) is 0 Å². The maximum absolute atomic E-state index is 10.8. The third-order valence-electron chi connectivity index (χ3n) is 3.16. The van der Waals surface area contributed by atoms with E-state index in [1.807, 2.05) is 0 Å². The van der Waals surface area contributed by atoms with Crippen LogP contribution in [0.3, 0.4) is 0 Å². The van der Waals surface area contributed by atoms with Crippen LogP contribution in [0.2, 0.25) is 0 Å².